The molecule has 1 saturated heterocycles. The summed E-state index contributed by atoms with van der Waals surface area (Å²) in [6, 6.07) is 0. The zero-order chi connectivity index (χ0) is 11.1. The number of hydrogen-bond acceptors (Lipinski definition) is 2. The van der Waals surface area contributed by atoms with Crippen LogP contribution in [0.1, 0.15) is 25.7 Å². The zero-order valence-electron chi connectivity index (χ0n) is 9.00. The van der Waals surface area contributed by atoms with Crippen molar-refractivity contribution in [3.63, 3.8) is 0 Å². The van der Waals surface area contributed by atoms with Crippen molar-refractivity contribution < 1.29 is 9.59 Å². The SMILES string of the molecule is C=CC(=O)NCCN1CCCCCC1=O. The van der Waals surface area contributed by atoms with Crippen molar-refractivity contribution in [2.75, 3.05) is 19.6 Å². The van der Waals surface area contributed by atoms with Gasteiger partial charge in [-0.05, 0) is 18.9 Å². The van der Waals surface area contributed by atoms with Crippen LogP contribution in [0.25, 0.3) is 0 Å². The minimum Gasteiger partial charge on any atom is -0.351 e. The summed E-state index contributed by atoms with van der Waals surface area (Å²) in [5.74, 6) is 0.0256. The highest BCUT2D eigenvalue weighted by Crippen LogP contribution is 2.10. The van der Waals surface area contributed by atoms with Crippen molar-refractivity contribution >= 4 is 11.8 Å². The van der Waals surface area contributed by atoms with E-state index in [9.17, 15) is 9.59 Å². The molecule has 1 heterocycles. The quantitative estimate of drug-likeness (QED) is 0.694. The molecule has 1 aliphatic rings. The van der Waals surface area contributed by atoms with E-state index in [1.54, 1.807) is 0 Å². The summed E-state index contributed by atoms with van der Waals surface area (Å²) < 4.78 is 0. The van der Waals surface area contributed by atoms with E-state index < -0.39 is 0 Å². The van der Waals surface area contributed by atoms with Crippen molar-refractivity contribution in [1.29, 1.82) is 0 Å². The van der Waals surface area contributed by atoms with Crippen LogP contribution in [0.15, 0.2) is 12.7 Å². The number of likely N-dealkylation sites (tertiary alicyclic amines) is 1. The first-order chi connectivity index (χ1) is 7.24. The smallest absolute Gasteiger partial charge is 0.243 e. The Morgan fingerprint density at radius 2 is 2.27 bits per heavy atom. The van der Waals surface area contributed by atoms with Gasteiger partial charge in [0.1, 0.15) is 0 Å². The monoisotopic (exact) mass is 210 g/mol. The van der Waals surface area contributed by atoms with Crippen LogP contribution in [-0.4, -0.2) is 36.3 Å². The van der Waals surface area contributed by atoms with E-state index >= 15 is 0 Å². The van der Waals surface area contributed by atoms with Gasteiger partial charge in [-0.3, -0.25) is 9.59 Å². The standard InChI is InChI=1S/C11H18N2O2/c1-2-10(14)12-7-9-13-8-5-3-4-6-11(13)15/h2H,1,3-9H2,(H,12,14). The van der Waals surface area contributed by atoms with Gasteiger partial charge in [0.05, 0.1) is 0 Å². The highest BCUT2D eigenvalue weighted by atomic mass is 16.2. The molecule has 4 heteroatoms. The van der Waals surface area contributed by atoms with Gasteiger partial charge >= 0.3 is 0 Å². The normalized spacial score (nSPS) is 17.1. The molecule has 0 aromatic rings. The molecule has 1 fully saturated rings. The van der Waals surface area contributed by atoms with Gasteiger partial charge in [0.25, 0.3) is 0 Å². The predicted molar refractivity (Wildman–Crippen MR) is 58.3 cm³/mol. The first-order valence-corrected chi connectivity index (χ1v) is 5.42. The van der Waals surface area contributed by atoms with Crippen molar-refractivity contribution in [3.8, 4) is 0 Å². The molecule has 0 radical (unpaired) electrons. The number of amides is 2. The summed E-state index contributed by atoms with van der Waals surface area (Å²) in [6.07, 6.45) is 5.08. The minimum absolute atomic E-state index is 0.183. The third kappa shape index (κ3) is 4.14. The van der Waals surface area contributed by atoms with Crippen LogP contribution >= 0.6 is 0 Å². The number of nitrogens with zero attached hydrogens (tertiary/aromatic N) is 1. The molecule has 0 aliphatic carbocycles. The van der Waals surface area contributed by atoms with Crippen LogP contribution < -0.4 is 5.32 Å². The molecule has 1 aliphatic heterocycles. The Labute approximate surface area is 90.3 Å². The lowest BCUT2D eigenvalue weighted by Gasteiger charge is -2.20. The molecule has 84 valence electrons. The summed E-state index contributed by atoms with van der Waals surface area (Å²) >= 11 is 0. The minimum atomic E-state index is -0.183. The molecule has 0 atom stereocenters. The molecule has 0 aromatic heterocycles. The number of nitrogens with one attached hydrogen (secondary N) is 1. The first-order valence-electron chi connectivity index (χ1n) is 5.42. The molecule has 0 saturated carbocycles. The fraction of sp³-hybridized carbons (Fsp3) is 0.636. The van der Waals surface area contributed by atoms with Gasteiger partial charge in [0, 0.05) is 26.1 Å². The zero-order valence-corrected chi connectivity index (χ0v) is 9.00. The van der Waals surface area contributed by atoms with Crippen LogP contribution in [-0.2, 0) is 9.59 Å². The third-order valence-corrected chi connectivity index (χ3v) is 2.54. The van der Waals surface area contributed by atoms with Gasteiger partial charge in [0.2, 0.25) is 11.8 Å². The Bertz CT molecular complexity index is 251. The average Bonchev–Trinajstić information content (AvgIpc) is 2.44. The van der Waals surface area contributed by atoms with E-state index in [1.807, 2.05) is 4.90 Å². The highest BCUT2D eigenvalue weighted by Gasteiger charge is 2.15. The second-order valence-electron chi connectivity index (χ2n) is 3.69. The molecular formula is C11H18N2O2. The predicted octanol–water partition coefficient (Wildman–Crippen LogP) is 0.691. The van der Waals surface area contributed by atoms with Gasteiger partial charge in [-0.15, -0.1) is 0 Å². The molecule has 0 spiro atoms. The second kappa shape index (κ2) is 6.22. The van der Waals surface area contributed by atoms with Gasteiger partial charge in [-0.25, -0.2) is 0 Å². The van der Waals surface area contributed by atoms with E-state index in [0.29, 0.717) is 19.5 Å². The topological polar surface area (TPSA) is 49.4 Å². The Morgan fingerprint density at radius 1 is 1.47 bits per heavy atom. The number of rotatable bonds is 4. The van der Waals surface area contributed by atoms with Crippen molar-refractivity contribution in [3.05, 3.63) is 12.7 Å². The fourth-order valence-electron chi connectivity index (χ4n) is 1.66. The van der Waals surface area contributed by atoms with E-state index in [-0.39, 0.29) is 11.8 Å². The molecule has 1 N–H and O–H groups in total. The van der Waals surface area contributed by atoms with E-state index in [4.69, 9.17) is 0 Å². The van der Waals surface area contributed by atoms with Crippen molar-refractivity contribution in [2.45, 2.75) is 25.7 Å². The van der Waals surface area contributed by atoms with E-state index in [2.05, 4.69) is 11.9 Å². The lowest BCUT2D eigenvalue weighted by atomic mass is 10.2. The Morgan fingerprint density at radius 3 is 3.00 bits per heavy atom. The number of hydrogen-bond donors (Lipinski definition) is 1. The molecule has 15 heavy (non-hydrogen) atoms. The third-order valence-electron chi connectivity index (χ3n) is 2.54. The van der Waals surface area contributed by atoms with Crippen LogP contribution in [0.2, 0.25) is 0 Å². The highest BCUT2D eigenvalue weighted by molar-refractivity contribution is 5.86. The summed E-state index contributed by atoms with van der Waals surface area (Å²) in [5, 5.41) is 2.67. The second-order valence-corrected chi connectivity index (χ2v) is 3.69. The molecular weight excluding hydrogens is 192 g/mol. The lowest BCUT2D eigenvalue weighted by Crippen LogP contribution is -2.37. The van der Waals surface area contributed by atoms with Crippen LogP contribution in [0.4, 0.5) is 0 Å². The summed E-state index contributed by atoms with van der Waals surface area (Å²) in [5.41, 5.74) is 0. The maximum Gasteiger partial charge on any atom is 0.243 e. The Hall–Kier alpha value is -1.32. The molecule has 0 bridgehead atoms. The maximum atomic E-state index is 11.6. The van der Waals surface area contributed by atoms with Gasteiger partial charge < -0.3 is 10.2 Å². The van der Waals surface area contributed by atoms with Crippen molar-refractivity contribution in [2.24, 2.45) is 0 Å². The number of carbonyl (C=O) groups is 2. The first kappa shape index (κ1) is 11.8. The van der Waals surface area contributed by atoms with Crippen molar-refractivity contribution in [1.82, 2.24) is 10.2 Å². The molecule has 0 aromatic carbocycles. The molecule has 0 unspecified atom stereocenters. The fourth-order valence-corrected chi connectivity index (χ4v) is 1.66. The Balaban J connectivity index is 2.26. The van der Waals surface area contributed by atoms with E-state index in [0.717, 1.165) is 25.8 Å². The maximum absolute atomic E-state index is 11.6. The van der Waals surface area contributed by atoms with Crippen LogP contribution in [0.5, 0.6) is 0 Å². The molecule has 2 amide bonds. The van der Waals surface area contributed by atoms with Gasteiger partial charge in [0.15, 0.2) is 0 Å². The van der Waals surface area contributed by atoms with E-state index in [1.165, 1.54) is 6.08 Å². The summed E-state index contributed by atoms with van der Waals surface area (Å²) in [6.45, 7) is 5.31. The lowest BCUT2D eigenvalue weighted by molar-refractivity contribution is -0.131. The van der Waals surface area contributed by atoms with Gasteiger partial charge in [-0.2, -0.15) is 0 Å². The molecule has 4 nitrogen and oxygen atoms in total. The van der Waals surface area contributed by atoms with Crippen LogP contribution in [0.3, 0.4) is 0 Å². The summed E-state index contributed by atoms with van der Waals surface area (Å²) in [4.78, 5) is 24.3. The van der Waals surface area contributed by atoms with Crippen LogP contribution in [0, 0.1) is 0 Å². The molecule has 1 rings (SSSR count). The largest absolute Gasteiger partial charge is 0.351 e. The summed E-state index contributed by atoms with van der Waals surface area (Å²) in [7, 11) is 0. The average molecular weight is 210 g/mol. The van der Waals surface area contributed by atoms with Gasteiger partial charge in [-0.1, -0.05) is 13.0 Å². The Kier molecular flexibility index (Phi) is 4.87. The number of carbonyl (C=O) groups excluding carboxylic acids is 2.